The highest BCUT2D eigenvalue weighted by Crippen LogP contribution is 2.24. The van der Waals surface area contributed by atoms with Gasteiger partial charge in [0.2, 0.25) is 5.91 Å². The van der Waals surface area contributed by atoms with Crippen molar-refractivity contribution in [2.75, 3.05) is 24.5 Å². The molecule has 0 bridgehead atoms. The molecule has 2 fully saturated rings. The molecule has 6 heteroatoms. The number of carbonyl (C=O) groups is 2. The van der Waals surface area contributed by atoms with Crippen LogP contribution >= 0.6 is 0 Å². The van der Waals surface area contributed by atoms with Crippen LogP contribution in [0, 0.1) is 6.92 Å². The lowest BCUT2D eigenvalue weighted by Gasteiger charge is -2.36. The standard InChI is InChI=1S/C14H18N4O2/c1-10-3-2-6-15-13(10)17-7-4-11(5-8-17)18-12(19)9-16-14(18)20/h2-3,6,11H,4-5,7-9H2,1H3,(H,16,20). The molecule has 106 valence electrons. The maximum atomic E-state index is 11.7. The van der Waals surface area contributed by atoms with Gasteiger partial charge in [0.15, 0.2) is 0 Å². The van der Waals surface area contributed by atoms with E-state index in [-0.39, 0.29) is 24.5 Å². The molecule has 2 aliphatic rings. The van der Waals surface area contributed by atoms with Gasteiger partial charge in [0.05, 0.1) is 6.54 Å². The Labute approximate surface area is 117 Å². The van der Waals surface area contributed by atoms with Gasteiger partial charge in [-0.3, -0.25) is 9.69 Å². The van der Waals surface area contributed by atoms with E-state index in [0.29, 0.717) is 0 Å². The Morgan fingerprint density at radius 2 is 2.05 bits per heavy atom. The average molecular weight is 274 g/mol. The lowest BCUT2D eigenvalue weighted by Crippen LogP contribution is -2.48. The summed E-state index contributed by atoms with van der Waals surface area (Å²) in [6.07, 6.45) is 3.40. The zero-order valence-corrected chi connectivity index (χ0v) is 11.5. The second-order valence-corrected chi connectivity index (χ2v) is 5.28. The van der Waals surface area contributed by atoms with Crippen molar-refractivity contribution in [3.63, 3.8) is 0 Å². The second kappa shape index (κ2) is 5.11. The third-order valence-electron chi connectivity index (χ3n) is 3.99. The fourth-order valence-corrected chi connectivity index (χ4v) is 2.95. The predicted molar refractivity (Wildman–Crippen MR) is 74.5 cm³/mol. The smallest absolute Gasteiger partial charge is 0.324 e. The minimum Gasteiger partial charge on any atom is -0.356 e. The number of anilines is 1. The summed E-state index contributed by atoms with van der Waals surface area (Å²) in [5.41, 5.74) is 1.15. The third-order valence-corrected chi connectivity index (χ3v) is 3.99. The average Bonchev–Trinajstić information content (AvgIpc) is 2.79. The van der Waals surface area contributed by atoms with E-state index in [1.807, 2.05) is 19.1 Å². The van der Waals surface area contributed by atoms with Gasteiger partial charge in [0.25, 0.3) is 0 Å². The van der Waals surface area contributed by atoms with Crippen LogP contribution < -0.4 is 10.2 Å². The maximum absolute atomic E-state index is 11.7. The predicted octanol–water partition coefficient (Wildman–Crippen LogP) is 0.911. The highest BCUT2D eigenvalue weighted by atomic mass is 16.2. The van der Waals surface area contributed by atoms with Crippen LogP contribution in [0.4, 0.5) is 10.6 Å². The quantitative estimate of drug-likeness (QED) is 0.814. The van der Waals surface area contributed by atoms with E-state index < -0.39 is 0 Å². The van der Waals surface area contributed by atoms with Gasteiger partial charge in [0, 0.05) is 25.3 Å². The Kier molecular flexibility index (Phi) is 3.30. The molecule has 3 amide bonds. The molecule has 20 heavy (non-hydrogen) atoms. The summed E-state index contributed by atoms with van der Waals surface area (Å²) in [6.45, 7) is 3.82. The summed E-state index contributed by atoms with van der Waals surface area (Å²) in [5, 5.41) is 2.58. The van der Waals surface area contributed by atoms with Gasteiger partial charge >= 0.3 is 6.03 Å². The Bertz CT molecular complexity index is 522. The van der Waals surface area contributed by atoms with Crippen molar-refractivity contribution in [3.8, 4) is 0 Å². The van der Waals surface area contributed by atoms with Crippen LogP contribution in [0.15, 0.2) is 18.3 Å². The van der Waals surface area contributed by atoms with Crippen molar-refractivity contribution in [1.82, 2.24) is 15.2 Å². The molecule has 0 aromatic carbocycles. The Morgan fingerprint density at radius 1 is 1.30 bits per heavy atom. The van der Waals surface area contributed by atoms with Gasteiger partial charge in [-0.25, -0.2) is 9.78 Å². The lowest BCUT2D eigenvalue weighted by atomic mass is 10.0. The van der Waals surface area contributed by atoms with Crippen LogP contribution in [0.3, 0.4) is 0 Å². The van der Waals surface area contributed by atoms with Gasteiger partial charge in [-0.05, 0) is 31.4 Å². The number of hydrogen-bond donors (Lipinski definition) is 1. The number of hydrogen-bond acceptors (Lipinski definition) is 4. The number of urea groups is 1. The summed E-state index contributed by atoms with van der Waals surface area (Å²) < 4.78 is 0. The monoisotopic (exact) mass is 274 g/mol. The van der Waals surface area contributed by atoms with Crippen molar-refractivity contribution in [2.24, 2.45) is 0 Å². The molecular weight excluding hydrogens is 256 g/mol. The van der Waals surface area contributed by atoms with Crippen LogP contribution in [0.2, 0.25) is 0 Å². The van der Waals surface area contributed by atoms with E-state index in [2.05, 4.69) is 15.2 Å². The third kappa shape index (κ3) is 2.21. The van der Waals surface area contributed by atoms with Crippen LogP contribution in [0.25, 0.3) is 0 Å². The summed E-state index contributed by atoms with van der Waals surface area (Å²) in [4.78, 5) is 31.4. The van der Waals surface area contributed by atoms with Crippen LogP contribution in [0.1, 0.15) is 18.4 Å². The van der Waals surface area contributed by atoms with Crippen LogP contribution in [0.5, 0.6) is 0 Å². The zero-order valence-electron chi connectivity index (χ0n) is 11.5. The normalized spacial score (nSPS) is 20.4. The van der Waals surface area contributed by atoms with Crippen LogP contribution in [-0.4, -0.2) is 47.5 Å². The molecular formula is C14H18N4O2. The number of carbonyl (C=O) groups excluding carboxylic acids is 2. The first kappa shape index (κ1) is 12.9. The van der Waals surface area contributed by atoms with Gasteiger partial charge in [-0.2, -0.15) is 0 Å². The fraction of sp³-hybridized carbons (Fsp3) is 0.500. The number of piperidine rings is 1. The highest BCUT2D eigenvalue weighted by Gasteiger charge is 2.36. The van der Waals surface area contributed by atoms with Crippen molar-refractivity contribution >= 4 is 17.8 Å². The molecule has 0 unspecified atom stereocenters. The van der Waals surface area contributed by atoms with E-state index in [1.54, 1.807) is 6.20 Å². The molecule has 0 saturated carbocycles. The molecule has 0 aliphatic carbocycles. The molecule has 3 rings (SSSR count). The Hall–Kier alpha value is -2.11. The fourth-order valence-electron chi connectivity index (χ4n) is 2.95. The summed E-state index contributed by atoms with van der Waals surface area (Å²) in [7, 11) is 0. The first-order valence-electron chi connectivity index (χ1n) is 6.93. The largest absolute Gasteiger partial charge is 0.356 e. The summed E-state index contributed by atoms with van der Waals surface area (Å²) in [6, 6.07) is 3.75. The molecule has 0 atom stereocenters. The number of aryl methyl sites for hydroxylation is 1. The minimum atomic E-state index is -0.248. The summed E-state index contributed by atoms with van der Waals surface area (Å²) >= 11 is 0. The minimum absolute atomic E-state index is 0.0188. The van der Waals surface area contributed by atoms with E-state index in [1.165, 1.54) is 4.90 Å². The summed E-state index contributed by atoms with van der Waals surface area (Å²) in [5.74, 6) is 0.894. The molecule has 3 heterocycles. The SMILES string of the molecule is Cc1cccnc1N1CCC(N2C(=O)CNC2=O)CC1. The highest BCUT2D eigenvalue weighted by molar-refractivity contribution is 6.02. The number of imide groups is 1. The van der Waals surface area contributed by atoms with Crippen molar-refractivity contribution in [1.29, 1.82) is 0 Å². The number of nitrogens with one attached hydrogen (secondary N) is 1. The van der Waals surface area contributed by atoms with Crippen molar-refractivity contribution in [3.05, 3.63) is 23.9 Å². The number of nitrogens with zero attached hydrogens (tertiary/aromatic N) is 3. The second-order valence-electron chi connectivity index (χ2n) is 5.28. The molecule has 1 aromatic rings. The van der Waals surface area contributed by atoms with Gasteiger partial charge in [0.1, 0.15) is 5.82 Å². The van der Waals surface area contributed by atoms with Crippen molar-refractivity contribution in [2.45, 2.75) is 25.8 Å². The molecule has 2 aliphatic heterocycles. The molecule has 1 N–H and O–H groups in total. The lowest BCUT2D eigenvalue weighted by molar-refractivity contribution is -0.126. The van der Waals surface area contributed by atoms with Crippen molar-refractivity contribution < 1.29 is 9.59 Å². The molecule has 0 spiro atoms. The topological polar surface area (TPSA) is 65.5 Å². The number of amides is 3. The van der Waals surface area contributed by atoms with Gasteiger partial charge < -0.3 is 10.2 Å². The van der Waals surface area contributed by atoms with E-state index in [4.69, 9.17) is 0 Å². The molecule has 0 radical (unpaired) electrons. The Balaban J connectivity index is 1.67. The van der Waals surface area contributed by atoms with Crippen LogP contribution in [-0.2, 0) is 4.79 Å². The van der Waals surface area contributed by atoms with E-state index >= 15 is 0 Å². The van der Waals surface area contributed by atoms with Gasteiger partial charge in [-0.15, -0.1) is 0 Å². The van der Waals surface area contributed by atoms with E-state index in [0.717, 1.165) is 37.3 Å². The van der Waals surface area contributed by atoms with Gasteiger partial charge in [-0.1, -0.05) is 6.07 Å². The Morgan fingerprint density at radius 3 is 2.65 bits per heavy atom. The number of pyridine rings is 1. The zero-order chi connectivity index (χ0) is 14.1. The first-order valence-corrected chi connectivity index (χ1v) is 6.93. The number of rotatable bonds is 2. The molecule has 6 nitrogen and oxygen atoms in total. The molecule has 2 saturated heterocycles. The van der Waals surface area contributed by atoms with E-state index in [9.17, 15) is 9.59 Å². The maximum Gasteiger partial charge on any atom is 0.324 e. The first-order chi connectivity index (χ1) is 9.66. The number of aromatic nitrogens is 1. The molecule has 1 aromatic heterocycles.